The Bertz CT molecular complexity index is 1320. The van der Waals surface area contributed by atoms with Gasteiger partial charge in [0.15, 0.2) is 23.1 Å². The number of thiazole rings is 1. The molecule has 0 N–H and O–H groups in total. The van der Waals surface area contributed by atoms with E-state index in [0.29, 0.717) is 25.5 Å². The van der Waals surface area contributed by atoms with E-state index in [4.69, 9.17) is 14.7 Å². The lowest BCUT2D eigenvalue weighted by molar-refractivity contribution is 0.327. The Morgan fingerprint density at radius 3 is 2.96 bits per heavy atom. The summed E-state index contributed by atoms with van der Waals surface area (Å²) in [4.78, 5) is 18.0. The zero-order valence-electron chi connectivity index (χ0n) is 14.1. The Morgan fingerprint density at radius 2 is 2.19 bits per heavy atom. The maximum absolute atomic E-state index is 12.9. The molecule has 2 heterocycles. The van der Waals surface area contributed by atoms with Crippen molar-refractivity contribution < 1.29 is 9.47 Å². The fraction of sp³-hybridized carbons (Fsp3) is 0.105. The molecule has 0 saturated carbocycles. The third-order valence-electron chi connectivity index (χ3n) is 3.98. The van der Waals surface area contributed by atoms with E-state index in [2.05, 4.69) is 20.9 Å². The quantitative estimate of drug-likeness (QED) is 0.486. The number of ether oxygens (including phenoxy) is 2. The summed E-state index contributed by atoms with van der Waals surface area (Å²) >= 11 is 4.77. The third-order valence-corrected chi connectivity index (χ3v) is 5.53. The number of aromatic nitrogens is 2. The number of methoxy groups -OCH3 is 1. The van der Waals surface area contributed by atoms with Gasteiger partial charge < -0.3 is 9.47 Å². The maximum atomic E-state index is 12.9. The van der Waals surface area contributed by atoms with Gasteiger partial charge in [-0.25, -0.2) is 9.38 Å². The van der Waals surface area contributed by atoms with E-state index in [1.807, 2.05) is 36.4 Å². The normalized spacial score (nSPS) is 11.8. The Kier molecular flexibility index (Phi) is 4.56. The molecule has 27 heavy (non-hydrogen) atoms. The molecule has 134 valence electrons. The average Bonchev–Trinajstić information content (AvgIpc) is 3.17. The molecule has 4 aromatic rings. The Morgan fingerprint density at radius 1 is 1.37 bits per heavy atom. The van der Waals surface area contributed by atoms with Gasteiger partial charge in [-0.1, -0.05) is 23.5 Å². The van der Waals surface area contributed by atoms with E-state index < -0.39 is 0 Å². The van der Waals surface area contributed by atoms with Crippen LogP contribution in [0.1, 0.15) is 5.56 Å². The molecular formula is C19H12BrN3O3S. The first-order valence-corrected chi connectivity index (χ1v) is 9.52. The monoisotopic (exact) mass is 441 g/mol. The molecule has 8 heteroatoms. The smallest absolute Gasteiger partial charge is 0.274 e. The molecule has 0 fully saturated rings. The molecular weight excluding hydrogens is 430 g/mol. The van der Waals surface area contributed by atoms with Crippen molar-refractivity contribution in [3.8, 4) is 17.6 Å². The predicted molar refractivity (Wildman–Crippen MR) is 107 cm³/mol. The lowest BCUT2D eigenvalue weighted by Gasteiger charge is -2.11. The van der Waals surface area contributed by atoms with E-state index in [9.17, 15) is 4.79 Å². The van der Waals surface area contributed by atoms with Crippen LogP contribution >= 0.6 is 27.3 Å². The summed E-state index contributed by atoms with van der Waals surface area (Å²) in [5.41, 5.74) is 2.26. The molecule has 2 aromatic carbocycles. The number of halogens is 1. The summed E-state index contributed by atoms with van der Waals surface area (Å²) < 4.78 is 13.6. The third kappa shape index (κ3) is 3.05. The van der Waals surface area contributed by atoms with Crippen molar-refractivity contribution >= 4 is 49.3 Å². The van der Waals surface area contributed by atoms with Crippen molar-refractivity contribution in [2.24, 2.45) is 0 Å². The molecule has 2 aromatic heterocycles. The standard InChI is InChI=1S/C19H12BrN3O3S/c1-25-15-9-11(8-12(20)17(15)26-7-6-21)10-16-18(24)23-14-5-3-2-4-13(14)22-19(23)27-16/h2-5,8-10H,7H2,1H3/b16-10-. The van der Waals surface area contributed by atoms with Gasteiger partial charge in [-0.05, 0) is 51.8 Å². The van der Waals surface area contributed by atoms with E-state index in [0.717, 1.165) is 16.6 Å². The molecule has 0 spiro atoms. The van der Waals surface area contributed by atoms with Crippen LogP contribution in [0.3, 0.4) is 0 Å². The van der Waals surface area contributed by atoms with Crippen molar-refractivity contribution in [1.29, 1.82) is 5.26 Å². The summed E-state index contributed by atoms with van der Waals surface area (Å²) in [5, 5.41) is 8.71. The van der Waals surface area contributed by atoms with Crippen molar-refractivity contribution in [2.75, 3.05) is 13.7 Å². The van der Waals surface area contributed by atoms with Gasteiger partial charge in [0.05, 0.1) is 27.1 Å². The van der Waals surface area contributed by atoms with Crippen molar-refractivity contribution in [2.45, 2.75) is 0 Å². The Hall–Kier alpha value is -2.89. The summed E-state index contributed by atoms with van der Waals surface area (Å²) in [6.07, 6.45) is 1.79. The second-order valence-electron chi connectivity index (χ2n) is 5.62. The highest BCUT2D eigenvalue weighted by molar-refractivity contribution is 9.10. The van der Waals surface area contributed by atoms with Crippen LogP contribution in [-0.2, 0) is 0 Å². The summed E-state index contributed by atoms with van der Waals surface area (Å²) in [6, 6.07) is 13.1. The first-order valence-electron chi connectivity index (χ1n) is 7.91. The number of nitrogens with zero attached hydrogens (tertiary/aromatic N) is 3. The van der Waals surface area contributed by atoms with Crippen LogP contribution in [0, 0.1) is 11.3 Å². The molecule has 0 atom stereocenters. The first-order chi connectivity index (χ1) is 13.1. The highest BCUT2D eigenvalue weighted by Gasteiger charge is 2.13. The van der Waals surface area contributed by atoms with E-state index >= 15 is 0 Å². The van der Waals surface area contributed by atoms with Crippen LogP contribution in [-0.4, -0.2) is 23.1 Å². The number of hydrogen-bond donors (Lipinski definition) is 0. The van der Waals surface area contributed by atoms with Gasteiger partial charge in [0.25, 0.3) is 5.56 Å². The molecule has 0 aliphatic carbocycles. The van der Waals surface area contributed by atoms with Gasteiger partial charge in [-0.15, -0.1) is 0 Å². The number of imidazole rings is 1. The highest BCUT2D eigenvalue weighted by Crippen LogP contribution is 2.36. The maximum Gasteiger partial charge on any atom is 0.274 e. The van der Waals surface area contributed by atoms with Crippen LogP contribution in [0.4, 0.5) is 0 Å². The number of para-hydroxylation sites is 2. The van der Waals surface area contributed by atoms with Gasteiger partial charge in [-0.2, -0.15) is 5.26 Å². The summed E-state index contributed by atoms with van der Waals surface area (Å²) in [5.74, 6) is 0.927. The fourth-order valence-electron chi connectivity index (χ4n) is 2.83. The van der Waals surface area contributed by atoms with E-state index in [-0.39, 0.29) is 12.2 Å². The average molecular weight is 442 g/mol. The van der Waals surface area contributed by atoms with Gasteiger partial charge >= 0.3 is 0 Å². The number of rotatable bonds is 4. The molecule has 0 radical (unpaired) electrons. The SMILES string of the molecule is COc1cc(/C=c2\sc3nc4ccccc4n3c2=O)cc(Br)c1OCC#N. The number of fused-ring (bicyclic) bond motifs is 3. The molecule has 0 aliphatic heterocycles. The molecule has 0 saturated heterocycles. The topological polar surface area (TPSA) is 76.6 Å². The van der Waals surface area contributed by atoms with Crippen LogP contribution < -0.4 is 19.6 Å². The van der Waals surface area contributed by atoms with Crippen molar-refractivity contribution in [3.05, 3.63) is 61.3 Å². The van der Waals surface area contributed by atoms with Crippen molar-refractivity contribution in [1.82, 2.24) is 9.38 Å². The number of hydrogen-bond acceptors (Lipinski definition) is 6. The van der Waals surface area contributed by atoms with Crippen molar-refractivity contribution in [3.63, 3.8) is 0 Å². The number of nitriles is 1. The largest absolute Gasteiger partial charge is 0.493 e. The lowest BCUT2D eigenvalue weighted by atomic mass is 10.2. The highest BCUT2D eigenvalue weighted by atomic mass is 79.9. The zero-order valence-corrected chi connectivity index (χ0v) is 16.5. The lowest BCUT2D eigenvalue weighted by Crippen LogP contribution is -2.22. The second-order valence-corrected chi connectivity index (χ2v) is 7.48. The molecule has 0 aliphatic rings. The van der Waals surface area contributed by atoms with Gasteiger partial charge in [0.2, 0.25) is 0 Å². The molecule has 0 bridgehead atoms. The van der Waals surface area contributed by atoms with E-state index in [1.165, 1.54) is 18.4 Å². The van der Waals surface area contributed by atoms with Gasteiger partial charge in [-0.3, -0.25) is 4.79 Å². The fourth-order valence-corrected chi connectivity index (χ4v) is 4.39. The molecule has 0 unspecified atom stereocenters. The zero-order chi connectivity index (χ0) is 19.0. The predicted octanol–water partition coefficient (Wildman–Crippen LogP) is 3.13. The molecule has 0 amide bonds. The second kappa shape index (κ2) is 7.02. The van der Waals surface area contributed by atoms with Crippen LogP contribution in [0.2, 0.25) is 0 Å². The molecule has 6 nitrogen and oxygen atoms in total. The van der Waals surface area contributed by atoms with E-state index in [1.54, 1.807) is 16.5 Å². The van der Waals surface area contributed by atoms with Crippen LogP contribution in [0.25, 0.3) is 22.1 Å². The minimum absolute atomic E-state index is 0.0854. The van der Waals surface area contributed by atoms with Gasteiger partial charge in [0.1, 0.15) is 6.07 Å². The summed E-state index contributed by atoms with van der Waals surface area (Å²) in [6.45, 7) is -0.0854. The minimum Gasteiger partial charge on any atom is -0.493 e. The minimum atomic E-state index is -0.108. The Balaban J connectivity index is 1.86. The molecule has 4 rings (SSSR count). The Labute approximate surface area is 166 Å². The van der Waals surface area contributed by atoms with Crippen LogP contribution in [0.15, 0.2) is 45.7 Å². The van der Waals surface area contributed by atoms with Crippen LogP contribution in [0.5, 0.6) is 11.5 Å². The first kappa shape index (κ1) is 17.5. The number of benzene rings is 2. The van der Waals surface area contributed by atoms with Gasteiger partial charge in [0, 0.05) is 0 Å². The summed E-state index contributed by atoms with van der Waals surface area (Å²) in [7, 11) is 1.52.